The number of methoxy groups -OCH3 is 1. The highest BCUT2D eigenvalue weighted by atomic mass is 127. The molecule has 5 nitrogen and oxygen atoms in total. The average Bonchev–Trinajstić information content (AvgIpc) is 2.60. The van der Waals surface area contributed by atoms with E-state index in [1.54, 1.807) is 7.11 Å². The number of ether oxygens (including phenoxy) is 2. The zero-order valence-electron chi connectivity index (χ0n) is 15.9. The number of guanidine groups is 1. The molecular weight excluding hydrogens is 429 g/mol. The van der Waals surface area contributed by atoms with Crippen LogP contribution in [0.3, 0.4) is 0 Å². The number of nitrogens with zero attached hydrogens (tertiary/aromatic N) is 2. The third kappa shape index (κ3) is 6.66. The fourth-order valence-electron chi connectivity index (χ4n) is 3.10. The number of aryl methyl sites for hydroxylation is 1. The number of piperidine rings is 1. The predicted octanol–water partition coefficient (Wildman–Crippen LogP) is 3.59. The maximum absolute atomic E-state index is 5.74. The van der Waals surface area contributed by atoms with Crippen molar-refractivity contribution < 1.29 is 9.47 Å². The van der Waals surface area contributed by atoms with Gasteiger partial charge in [0.05, 0.1) is 19.8 Å². The zero-order valence-corrected chi connectivity index (χ0v) is 18.2. The number of rotatable bonds is 6. The van der Waals surface area contributed by atoms with Crippen LogP contribution >= 0.6 is 24.0 Å². The van der Waals surface area contributed by atoms with E-state index in [0.717, 1.165) is 56.4 Å². The second-order valence-corrected chi connectivity index (χ2v) is 6.12. The van der Waals surface area contributed by atoms with Gasteiger partial charge in [0.1, 0.15) is 5.75 Å². The fourth-order valence-corrected chi connectivity index (χ4v) is 3.10. The van der Waals surface area contributed by atoms with E-state index in [-0.39, 0.29) is 24.0 Å². The highest BCUT2D eigenvalue weighted by Gasteiger charge is 2.21. The minimum absolute atomic E-state index is 0. The van der Waals surface area contributed by atoms with Gasteiger partial charge in [0.2, 0.25) is 0 Å². The Hall–Kier alpha value is -1.02. The molecule has 1 aliphatic rings. The first kappa shape index (κ1) is 22.0. The topological polar surface area (TPSA) is 46.1 Å². The van der Waals surface area contributed by atoms with E-state index < -0.39 is 0 Å². The monoisotopic (exact) mass is 461 g/mol. The Balaban J connectivity index is 0.00000312. The SMILES string of the molecule is CCNC(=NCc1ccc(OC)c(C)c1)N1CCC(OCC)CC1.I. The van der Waals surface area contributed by atoms with Crippen LogP contribution < -0.4 is 10.1 Å². The Bertz CT molecular complexity index is 543. The molecule has 1 aromatic rings. The van der Waals surface area contributed by atoms with Gasteiger partial charge in [-0.15, -0.1) is 24.0 Å². The molecule has 1 aromatic carbocycles. The molecule has 0 amide bonds. The second kappa shape index (κ2) is 11.6. The molecule has 6 heteroatoms. The molecule has 1 saturated heterocycles. The van der Waals surface area contributed by atoms with E-state index in [9.17, 15) is 0 Å². The molecule has 0 aromatic heterocycles. The van der Waals surface area contributed by atoms with Crippen LogP contribution in [0.5, 0.6) is 5.75 Å². The van der Waals surface area contributed by atoms with Gasteiger partial charge in [-0.1, -0.05) is 12.1 Å². The summed E-state index contributed by atoms with van der Waals surface area (Å²) in [6, 6.07) is 6.24. The van der Waals surface area contributed by atoms with Gasteiger partial charge in [0.15, 0.2) is 5.96 Å². The summed E-state index contributed by atoms with van der Waals surface area (Å²) in [7, 11) is 1.70. The molecule has 0 unspecified atom stereocenters. The summed E-state index contributed by atoms with van der Waals surface area (Å²) in [6.45, 7) is 10.6. The van der Waals surface area contributed by atoms with E-state index in [1.807, 2.05) is 6.07 Å². The normalized spacial score (nSPS) is 15.7. The molecule has 0 saturated carbocycles. The average molecular weight is 461 g/mol. The fraction of sp³-hybridized carbons (Fsp3) is 0.632. The lowest BCUT2D eigenvalue weighted by atomic mass is 10.1. The van der Waals surface area contributed by atoms with Crippen LogP contribution in [-0.2, 0) is 11.3 Å². The first-order valence-corrected chi connectivity index (χ1v) is 8.96. The number of hydrogen-bond donors (Lipinski definition) is 1. The summed E-state index contributed by atoms with van der Waals surface area (Å²) in [4.78, 5) is 7.17. The first-order chi connectivity index (χ1) is 11.7. The van der Waals surface area contributed by atoms with Gasteiger partial charge in [-0.05, 0) is 50.8 Å². The van der Waals surface area contributed by atoms with E-state index >= 15 is 0 Å². The molecular formula is C19H32IN3O2. The van der Waals surface area contributed by atoms with Crippen molar-refractivity contribution in [2.45, 2.75) is 46.3 Å². The van der Waals surface area contributed by atoms with Crippen molar-refractivity contribution in [1.82, 2.24) is 10.2 Å². The van der Waals surface area contributed by atoms with Crippen LogP contribution in [0, 0.1) is 6.92 Å². The van der Waals surface area contributed by atoms with Crippen LogP contribution in [-0.4, -0.2) is 50.3 Å². The molecule has 142 valence electrons. The lowest BCUT2D eigenvalue weighted by Crippen LogP contribution is -2.47. The van der Waals surface area contributed by atoms with Gasteiger partial charge in [-0.3, -0.25) is 0 Å². The largest absolute Gasteiger partial charge is 0.496 e. The third-order valence-corrected chi connectivity index (χ3v) is 4.35. The summed E-state index contributed by atoms with van der Waals surface area (Å²) in [6.07, 6.45) is 2.54. The summed E-state index contributed by atoms with van der Waals surface area (Å²) in [5, 5.41) is 3.42. The zero-order chi connectivity index (χ0) is 17.4. The molecule has 0 spiro atoms. The van der Waals surface area contributed by atoms with E-state index in [0.29, 0.717) is 12.6 Å². The van der Waals surface area contributed by atoms with Crippen molar-refractivity contribution in [2.75, 3.05) is 33.4 Å². The number of likely N-dealkylation sites (tertiary alicyclic amines) is 1. The van der Waals surface area contributed by atoms with Crippen LogP contribution in [0.2, 0.25) is 0 Å². The van der Waals surface area contributed by atoms with Gasteiger partial charge in [-0.25, -0.2) is 4.99 Å². The minimum Gasteiger partial charge on any atom is -0.496 e. The van der Waals surface area contributed by atoms with Crippen molar-refractivity contribution in [1.29, 1.82) is 0 Å². The van der Waals surface area contributed by atoms with Gasteiger partial charge in [-0.2, -0.15) is 0 Å². The number of aliphatic imine (C=N–C) groups is 1. The molecule has 25 heavy (non-hydrogen) atoms. The Morgan fingerprint density at radius 2 is 2.00 bits per heavy atom. The molecule has 0 aliphatic carbocycles. The van der Waals surface area contributed by atoms with Gasteiger partial charge >= 0.3 is 0 Å². The van der Waals surface area contributed by atoms with E-state index in [4.69, 9.17) is 14.5 Å². The molecule has 1 aliphatic heterocycles. The standard InChI is InChI=1S/C19H31N3O2.HI/c1-5-20-19(22-11-9-17(10-12-22)24-6-2)21-14-16-7-8-18(23-4)15(3)13-16;/h7-8,13,17H,5-6,9-12,14H2,1-4H3,(H,20,21);1H. The van der Waals surface area contributed by atoms with Crippen LogP contribution in [0.4, 0.5) is 0 Å². The molecule has 1 heterocycles. The quantitative estimate of drug-likeness (QED) is 0.400. The smallest absolute Gasteiger partial charge is 0.194 e. The predicted molar refractivity (Wildman–Crippen MR) is 114 cm³/mol. The molecule has 1 fully saturated rings. The van der Waals surface area contributed by atoms with Crippen LogP contribution in [0.1, 0.15) is 37.8 Å². The van der Waals surface area contributed by atoms with E-state index in [1.165, 1.54) is 5.56 Å². The number of hydrogen-bond acceptors (Lipinski definition) is 3. The van der Waals surface area contributed by atoms with E-state index in [2.05, 4.69) is 43.1 Å². The Morgan fingerprint density at radius 1 is 1.28 bits per heavy atom. The van der Waals surface area contributed by atoms with Crippen molar-refractivity contribution in [3.63, 3.8) is 0 Å². The Morgan fingerprint density at radius 3 is 2.56 bits per heavy atom. The lowest BCUT2D eigenvalue weighted by molar-refractivity contribution is 0.0263. The third-order valence-electron chi connectivity index (χ3n) is 4.35. The Kier molecular flexibility index (Phi) is 10.2. The highest BCUT2D eigenvalue weighted by Crippen LogP contribution is 2.19. The number of benzene rings is 1. The summed E-state index contributed by atoms with van der Waals surface area (Å²) < 4.78 is 11.1. The number of nitrogens with one attached hydrogen (secondary N) is 1. The molecule has 0 radical (unpaired) electrons. The first-order valence-electron chi connectivity index (χ1n) is 8.96. The molecule has 0 atom stereocenters. The van der Waals surface area contributed by atoms with Crippen molar-refractivity contribution >= 4 is 29.9 Å². The summed E-state index contributed by atoms with van der Waals surface area (Å²) >= 11 is 0. The van der Waals surface area contributed by atoms with Crippen LogP contribution in [0.25, 0.3) is 0 Å². The molecule has 1 N–H and O–H groups in total. The Labute approximate surface area is 169 Å². The van der Waals surface area contributed by atoms with Crippen LogP contribution in [0.15, 0.2) is 23.2 Å². The molecule has 0 bridgehead atoms. The van der Waals surface area contributed by atoms with Crippen molar-refractivity contribution in [2.24, 2.45) is 4.99 Å². The summed E-state index contributed by atoms with van der Waals surface area (Å²) in [5.74, 6) is 1.92. The van der Waals surface area contributed by atoms with Gasteiger partial charge < -0.3 is 19.7 Å². The molecule has 2 rings (SSSR count). The maximum Gasteiger partial charge on any atom is 0.194 e. The highest BCUT2D eigenvalue weighted by molar-refractivity contribution is 14.0. The minimum atomic E-state index is 0. The lowest BCUT2D eigenvalue weighted by Gasteiger charge is -2.34. The van der Waals surface area contributed by atoms with Crippen molar-refractivity contribution in [3.05, 3.63) is 29.3 Å². The van der Waals surface area contributed by atoms with Gasteiger partial charge in [0, 0.05) is 26.2 Å². The maximum atomic E-state index is 5.74. The summed E-state index contributed by atoms with van der Waals surface area (Å²) in [5.41, 5.74) is 2.35. The van der Waals surface area contributed by atoms with Crippen molar-refractivity contribution in [3.8, 4) is 5.75 Å². The number of halogens is 1. The second-order valence-electron chi connectivity index (χ2n) is 6.12. The van der Waals surface area contributed by atoms with Gasteiger partial charge in [0.25, 0.3) is 0 Å².